The van der Waals surface area contributed by atoms with E-state index in [1.807, 2.05) is 6.92 Å². The lowest BCUT2D eigenvalue weighted by atomic mass is 10.2. The molecule has 0 aliphatic heterocycles. The second kappa shape index (κ2) is 4.07. The topological polar surface area (TPSA) is 57.9 Å². The van der Waals surface area contributed by atoms with E-state index >= 15 is 0 Å². The molecule has 0 atom stereocenters. The fourth-order valence-corrected chi connectivity index (χ4v) is 1.84. The zero-order valence-corrected chi connectivity index (χ0v) is 8.45. The molecule has 14 heavy (non-hydrogen) atoms. The first-order valence-corrected chi connectivity index (χ1v) is 5.49. The summed E-state index contributed by atoms with van der Waals surface area (Å²) in [5.41, 5.74) is 0.994. The maximum absolute atomic E-state index is 11.5. The zero-order valence-electron chi connectivity index (χ0n) is 7.64. The molecule has 0 heterocycles. The molecule has 0 N–H and O–H groups in total. The number of nitrogens with zero attached hydrogens (tertiary/aromatic N) is 1. The van der Waals surface area contributed by atoms with E-state index in [2.05, 4.69) is 0 Å². The number of allylic oxidation sites excluding steroid dienone is 1. The molecule has 0 aromatic heterocycles. The van der Waals surface area contributed by atoms with Crippen molar-refractivity contribution in [3.8, 4) is 6.07 Å². The SMILES string of the molecule is Cc1ccc(S(=O)(=O)/C=C\C#N)cc1. The summed E-state index contributed by atoms with van der Waals surface area (Å²) in [4.78, 5) is 0.203. The van der Waals surface area contributed by atoms with E-state index in [0.717, 1.165) is 17.0 Å². The third-order valence-electron chi connectivity index (χ3n) is 1.67. The van der Waals surface area contributed by atoms with Crippen LogP contribution in [0.1, 0.15) is 5.56 Å². The van der Waals surface area contributed by atoms with Crippen LogP contribution in [0.4, 0.5) is 0 Å². The molecule has 72 valence electrons. The molecule has 0 unspecified atom stereocenters. The molecular weight excluding hydrogens is 198 g/mol. The predicted molar refractivity (Wildman–Crippen MR) is 53.1 cm³/mol. The lowest BCUT2D eigenvalue weighted by molar-refractivity contribution is 0.604. The van der Waals surface area contributed by atoms with E-state index in [0.29, 0.717) is 0 Å². The Bertz CT molecular complexity index is 478. The van der Waals surface area contributed by atoms with Gasteiger partial charge in [0.05, 0.1) is 11.0 Å². The molecule has 4 heteroatoms. The van der Waals surface area contributed by atoms with Crippen molar-refractivity contribution in [3.63, 3.8) is 0 Å². The summed E-state index contributed by atoms with van der Waals surface area (Å²) in [6.07, 6.45) is 0.954. The van der Waals surface area contributed by atoms with Crippen molar-refractivity contribution in [2.24, 2.45) is 0 Å². The van der Waals surface area contributed by atoms with Crippen LogP contribution >= 0.6 is 0 Å². The first kappa shape index (κ1) is 10.5. The number of rotatable bonds is 2. The van der Waals surface area contributed by atoms with Crippen molar-refractivity contribution in [2.45, 2.75) is 11.8 Å². The van der Waals surface area contributed by atoms with Crippen LogP contribution in [0, 0.1) is 18.3 Å². The summed E-state index contributed by atoms with van der Waals surface area (Å²) in [5, 5.41) is 9.12. The summed E-state index contributed by atoms with van der Waals surface area (Å²) in [5.74, 6) is 0. The van der Waals surface area contributed by atoms with Gasteiger partial charge in [-0.15, -0.1) is 0 Å². The Morgan fingerprint density at radius 1 is 1.29 bits per heavy atom. The first-order chi connectivity index (χ1) is 6.56. The number of sulfone groups is 1. The van der Waals surface area contributed by atoms with Crippen LogP contribution in [-0.4, -0.2) is 8.42 Å². The summed E-state index contributed by atoms with van der Waals surface area (Å²) in [7, 11) is -3.44. The Balaban J connectivity index is 3.13. The monoisotopic (exact) mass is 207 g/mol. The summed E-state index contributed by atoms with van der Waals surface area (Å²) >= 11 is 0. The Morgan fingerprint density at radius 2 is 1.86 bits per heavy atom. The molecular formula is C10H9NO2S. The lowest BCUT2D eigenvalue weighted by Gasteiger charge is -1.98. The van der Waals surface area contributed by atoms with Gasteiger partial charge in [-0.05, 0) is 19.1 Å². The van der Waals surface area contributed by atoms with E-state index in [9.17, 15) is 8.42 Å². The van der Waals surface area contributed by atoms with Crippen LogP contribution < -0.4 is 0 Å². The molecule has 1 aromatic rings. The molecule has 3 nitrogen and oxygen atoms in total. The van der Waals surface area contributed by atoms with E-state index in [1.54, 1.807) is 18.2 Å². The highest BCUT2D eigenvalue weighted by Crippen LogP contribution is 2.12. The largest absolute Gasteiger partial charge is 0.219 e. The number of benzene rings is 1. The van der Waals surface area contributed by atoms with Crippen LogP contribution in [-0.2, 0) is 9.84 Å². The van der Waals surface area contributed by atoms with Crippen LogP contribution in [0.15, 0.2) is 40.6 Å². The van der Waals surface area contributed by atoms with Crippen molar-refractivity contribution in [2.75, 3.05) is 0 Å². The Hall–Kier alpha value is -1.60. The van der Waals surface area contributed by atoms with Crippen LogP contribution in [0.3, 0.4) is 0 Å². The fraction of sp³-hybridized carbons (Fsp3) is 0.100. The molecule has 0 bridgehead atoms. The van der Waals surface area contributed by atoms with E-state index in [-0.39, 0.29) is 4.90 Å². The quantitative estimate of drug-likeness (QED) is 0.695. The average Bonchev–Trinajstić information content (AvgIpc) is 2.16. The van der Waals surface area contributed by atoms with Crippen molar-refractivity contribution in [3.05, 3.63) is 41.3 Å². The van der Waals surface area contributed by atoms with Crippen LogP contribution in [0.5, 0.6) is 0 Å². The number of nitriles is 1. The number of hydrogen-bond donors (Lipinski definition) is 0. The van der Waals surface area contributed by atoms with Crippen LogP contribution in [0.2, 0.25) is 0 Å². The average molecular weight is 207 g/mol. The molecule has 0 fully saturated rings. The van der Waals surface area contributed by atoms with Crippen molar-refractivity contribution >= 4 is 9.84 Å². The third kappa shape index (κ3) is 2.44. The summed E-state index contributed by atoms with van der Waals surface area (Å²) in [6, 6.07) is 8.12. The molecule has 0 saturated heterocycles. The van der Waals surface area contributed by atoms with Gasteiger partial charge in [0.2, 0.25) is 9.84 Å². The molecule has 0 aliphatic rings. The minimum absolute atomic E-state index is 0.203. The zero-order chi connectivity index (χ0) is 10.6. The van der Waals surface area contributed by atoms with Gasteiger partial charge in [-0.3, -0.25) is 0 Å². The highest BCUT2D eigenvalue weighted by molar-refractivity contribution is 7.94. The molecule has 0 saturated carbocycles. The summed E-state index contributed by atoms with van der Waals surface area (Å²) in [6.45, 7) is 1.88. The van der Waals surface area contributed by atoms with Gasteiger partial charge in [-0.25, -0.2) is 8.42 Å². The van der Waals surface area contributed by atoms with Gasteiger partial charge >= 0.3 is 0 Å². The lowest BCUT2D eigenvalue weighted by Crippen LogP contribution is -1.95. The van der Waals surface area contributed by atoms with Gasteiger partial charge in [0.1, 0.15) is 0 Å². The normalized spacial score (nSPS) is 11.4. The molecule has 1 rings (SSSR count). The highest BCUT2D eigenvalue weighted by atomic mass is 32.2. The first-order valence-electron chi connectivity index (χ1n) is 3.94. The van der Waals surface area contributed by atoms with Gasteiger partial charge in [0, 0.05) is 11.5 Å². The maximum atomic E-state index is 11.5. The van der Waals surface area contributed by atoms with Gasteiger partial charge in [0.15, 0.2) is 0 Å². The minimum Gasteiger partial charge on any atom is -0.219 e. The fourth-order valence-electron chi connectivity index (χ4n) is 0.927. The number of aryl methyl sites for hydroxylation is 1. The van der Waals surface area contributed by atoms with Gasteiger partial charge in [-0.1, -0.05) is 17.7 Å². The third-order valence-corrected chi connectivity index (χ3v) is 3.09. The van der Waals surface area contributed by atoms with Gasteiger partial charge < -0.3 is 0 Å². The molecule has 0 amide bonds. The van der Waals surface area contributed by atoms with Gasteiger partial charge in [0.25, 0.3) is 0 Å². The minimum atomic E-state index is -3.44. The Kier molecular flexibility index (Phi) is 3.05. The van der Waals surface area contributed by atoms with Crippen molar-refractivity contribution in [1.82, 2.24) is 0 Å². The predicted octanol–water partition coefficient (Wildman–Crippen LogP) is 1.81. The standard InChI is InChI=1S/C10H9NO2S/c1-9-3-5-10(6-4-9)14(12,13)8-2-7-11/h2-6,8H,1H3/b8-2-. The van der Waals surface area contributed by atoms with E-state index < -0.39 is 9.84 Å². The second-order valence-corrected chi connectivity index (χ2v) is 4.62. The number of hydrogen-bond acceptors (Lipinski definition) is 3. The van der Waals surface area contributed by atoms with Crippen molar-refractivity contribution in [1.29, 1.82) is 5.26 Å². The highest BCUT2D eigenvalue weighted by Gasteiger charge is 2.08. The molecule has 0 aliphatic carbocycles. The van der Waals surface area contributed by atoms with Crippen LogP contribution in [0.25, 0.3) is 0 Å². The van der Waals surface area contributed by atoms with E-state index in [4.69, 9.17) is 5.26 Å². The summed E-state index contributed by atoms with van der Waals surface area (Å²) < 4.78 is 22.9. The smallest absolute Gasteiger partial charge is 0.200 e. The Labute approximate surface area is 83.2 Å². The van der Waals surface area contributed by atoms with E-state index in [1.165, 1.54) is 12.1 Å². The van der Waals surface area contributed by atoms with Gasteiger partial charge in [-0.2, -0.15) is 5.26 Å². The molecule has 0 radical (unpaired) electrons. The van der Waals surface area contributed by atoms with Crippen molar-refractivity contribution < 1.29 is 8.42 Å². The molecule has 1 aromatic carbocycles. The second-order valence-electron chi connectivity index (χ2n) is 2.79. The molecule has 0 spiro atoms. The Morgan fingerprint density at radius 3 is 2.36 bits per heavy atom. The maximum Gasteiger partial charge on any atom is 0.200 e.